The second-order valence-electron chi connectivity index (χ2n) is 6.91. The highest BCUT2D eigenvalue weighted by Crippen LogP contribution is 2.39. The van der Waals surface area contributed by atoms with E-state index in [9.17, 15) is 0 Å². The van der Waals surface area contributed by atoms with Crippen molar-refractivity contribution >= 4 is 0 Å². The zero-order valence-corrected chi connectivity index (χ0v) is 13.4. The van der Waals surface area contributed by atoms with Gasteiger partial charge >= 0.3 is 0 Å². The Labute approximate surface area is 130 Å². The Bertz CT molecular complexity index is 645. The van der Waals surface area contributed by atoms with Gasteiger partial charge in [-0.3, -0.25) is 5.10 Å². The summed E-state index contributed by atoms with van der Waals surface area (Å²) in [5.74, 6) is 3.25. The highest BCUT2D eigenvalue weighted by molar-refractivity contribution is 5.50. The predicted octanol–water partition coefficient (Wildman–Crippen LogP) is 1.97. The van der Waals surface area contributed by atoms with Crippen LogP contribution in [0, 0.1) is 5.92 Å². The molecule has 6 heteroatoms. The van der Waals surface area contributed by atoms with Gasteiger partial charge in [-0.25, -0.2) is 9.67 Å². The monoisotopic (exact) mass is 300 g/mol. The van der Waals surface area contributed by atoms with Gasteiger partial charge in [0.15, 0.2) is 11.6 Å². The second-order valence-corrected chi connectivity index (χ2v) is 6.91. The lowest BCUT2D eigenvalue weighted by molar-refractivity contribution is 0.217. The summed E-state index contributed by atoms with van der Waals surface area (Å²) >= 11 is 0. The van der Waals surface area contributed by atoms with Crippen molar-refractivity contribution in [2.75, 3.05) is 20.1 Å². The Morgan fingerprint density at radius 1 is 1.18 bits per heavy atom. The standard InChI is InChI=1S/C16H24N6/c1-21-7-5-11(6-8-21)9-15-17-16(22(2)20-15)14-10-13(18-19-14)12-3-4-12/h10-12H,3-9H2,1-2H3,(H,18,19). The van der Waals surface area contributed by atoms with Crippen molar-refractivity contribution < 1.29 is 0 Å². The minimum absolute atomic E-state index is 0.688. The lowest BCUT2D eigenvalue weighted by Crippen LogP contribution is -2.31. The van der Waals surface area contributed by atoms with Crippen LogP contribution in [-0.4, -0.2) is 50.0 Å². The number of rotatable bonds is 4. The SMILES string of the molecule is CN1CCC(Cc2nc(-c3cc(C4CC4)[nH]n3)n(C)n2)CC1. The van der Waals surface area contributed by atoms with Gasteiger partial charge in [-0.05, 0) is 57.8 Å². The molecule has 0 amide bonds. The van der Waals surface area contributed by atoms with E-state index >= 15 is 0 Å². The number of hydrogen-bond acceptors (Lipinski definition) is 4. The quantitative estimate of drug-likeness (QED) is 0.937. The maximum atomic E-state index is 4.74. The third-order valence-corrected chi connectivity index (χ3v) is 4.96. The van der Waals surface area contributed by atoms with Crippen LogP contribution in [0.1, 0.15) is 43.1 Å². The van der Waals surface area contributed by atoms with Gasteiger partial charge in [0.05, 0.1) is 0 Å². The molecule has 118 valence electrons. The average Bonchev–Trinajstić information content (AvgIpc) is 3.13. The molecule has 2 aliphatic rings. The van der Waals surface area contributed by atoms with Gasteiger partial charge in [-0.2, -0.15) is 10.2 Å². The van der Waals surface area contributed by atoms with E-state index < -0.39 is 0 Å². The van der Waals surface area contributed by atoms with Crippen LogP contribution in [0.15, 0.2) is 6.07 Å². The van der Waals surface area contributed by atoms with Gasteiger partial charge in [-0.15, -0.1) is 0 Å². The highest BCUT2D eigenvalue weighted by atomic mass is 15.3. The topological polar surface area (TPSA) is 62.6 Å². The molecule has 3 heterocycles. The number of aryl methyl sites for hydroxylation is 1. The van der Waals surface area contributed by atoms with Crippen molar-refractivity contribution in [1.82, 2.24) is 29.9 Å². The number of nitrogens with one attached hydrogen (secondary N) is 1. The van der Waals surface area contributed by atoms with E-state index in [-0.39, 0.29) is 0 Å². The van der Waals surface area contributed by atoms with Gasteiger partial charge in [0.2, 0.25) is 0 Å². The fourth-order valence-electron chi connectivity index (χ4n) is 3.33. The third-order valence-electron chi connectivity index (χ3n) is 4.96. The minimum atomic E-state index is 0.688. The molecule has 0 unspecified atom stereocenters. The maximum Gasteiger partial charge on any atom is 0.178 e. The van der Waals surface area contributed by atoms with Crippen molar-refractivity contribution in [1.29, 1.82) is 0 Å². The molecule has 22 heavy (non-hydrogen) atoms. The molecule has 4 rings (SSSR count). The first kappa shape index (κ1) is 13.9. The van der Waals surface area contributed by atoms with Gasteiger partial charge in [-0.1, -0.05) is 0 Å². The predicted molar refractivity (Wildman–Crippen MR) is 84.5 cm³/mol. The molecular weight excluding hydrogens is 276 g/mol. The van der Waals surface area contributed by atoms with Crippen molar-refractivity contribution in [3.63, 3.8) is 0 Å². The number of hydrogen-bond donors (Lipinski definition) is 1. The summed E-state index contributed by atoms with van der Waals surface area (Å²) in [7, 11) is 4.16. The van der Waals surface area contributed by atoms with Crippen molar-refractivity contribution in [3.05, 3.63) is 17.6 Å². The summed E-state index contributed by atoms with van der Waals surface area (Å²) in [5, 5.41) is 12.2. The molecule has 0 aromatic carbocycles. The summed E-state index contributed by atoms with van der Waals surface area (Å²) in [4.78, 5) is 7.14. The van der Waals surface area contributed by atoms with Crippen molar-refractivity contribution in [3.8, 4) is 11.5 Å². The molecule has 2 aromatic rings. The number of aromatic amines is 1. The lowest BCUT2D eigenvalue weighted by Gasteiger charge is -2.28. The average molecular weight is 300 g/mol. The molecule has 1 aliphatic heterocycles. The number of aromatic nitrogens is 5. The summed E-state index contributed by atoms with van der Waals surface area (Å²) in [5.41, 5.74) is 2.17. The van der Waals surface area contributed by atoms with Crippen LogP contribution >= 0.6 is 0 Å². The first-order chi connectivity index (χ1) is 10.7. The first-order valence-corrected chi connectivity index (χ1v) is 8.33. The van der Waals surface area contributed by atoms with E-state index in [1.807, 2.05) is 11.7 Å². The van der Waals surface area contributed by atoms with Gasteiger partial charge in [0, 0.05) is 25.1 Å². The Morgan fingerprint density at radius 3 is 2.68 bits per heavy atom. The summed E-state index contributed by atoms with van der Waals surface area (Å²) in [6.45, 7) is 2.38. The first-order valence-electron chi connectivity index (χ1n) is 8.33. The van der Waals surface area contributed by atoms with E-state index in [0.717, 1.165) is 23.8 Å². The largest absolute Gasteiger partial charge is 0.306 e. The fraction of sp³-hybridized carbons (Fsp3) is 0.688. The molecule has 6 nitrogen and oxygen atoms in total. The Morgan fingerprint density at radius 2 is 1.95 bits per heavy atom. The Kier molecular flexibility index (Phi) is 3.48. The maximum absolute atomic E-state index is 4.74. The Hall–Kier alpha value is -1.69. The Balaban J connectivity index is 1.48. The van der Waals surface area contributed by atoms with Crippen LogP contribution in [0.2, 0.25) is 0 Å². The van der Waals surface area contributed by atoms with Crippen LogP contribution in [-0.2, 0) is 13.5 Å². The number of likely N-dealkylation sites (tertiary alicyclic amines) is 1. The van der Waals surface area contributed by atoms with Crippen LogP contribution < -0.4 is 0 Å². The molecule has 2 aromatic heterocycles. The van der Waals surface area contributed by atoms with E-state index in [1.54, 1.807) is 0 Å². The molecule has 1 saturated carbocycles. The molecule has 2 fully saturated rings. The second kappa shape index (κ2) is 5.50. The summed E-state index contributed by atoms with van der Waals surface area (Å²) < 4.78 is 1.87. The number of H-pyrrole nitrogens is 1. The molecule has 0 atom stereocenters. The lowest BCUT2D eigenvalue weighted by atomic mass is 9.94. The van der Waals surface area contributed by atoms with E-state index in [4.69, 9.17) is 4.98 Å². The highest BCUT2D eigenvalue weighted by Gasteiger charge is 2.26. The van der Waals surface area contributed by atoms with Crippen LogP contribution in [0.4, 0.5) is 0 Å². The van der Waals surface area contributed by atoms with Gasteiger partial charge < -0.3 is 4.90 Å². The molecular formula is C16H24N6. The normalized spacial score (nSPS) is 20.6. The van der Waals surface area contributed by atoms with Crippen molar-refractivity contribution in [2.45, 2.75) is 38.0 Å². The van der Waals surface area contributed by atoms with Crippen molar-refractivity contribution in [2.24, 2.45) is 13.0 Å². The number of piperidine rings is 1. The van der Waals surface area contributed by atoms with E-state index in [1.165, 1.54) is 44.5 Å². The molecule has 1 saturated heterocycles. The van der Waals surface area contributed by atoms with Gasteiger partial charge in [0.25, 0.3) is 0 Å². The summed E-state index contributed by atoms with van der Waals surface area (Å²) in [6, 6.07) is 2.14. The van der Waals surface area contributed by atoms with Crippen LogP contribution in [0.25, 0.3) is 11.5 Å². The molecule has 1 N–H and O–H groups in total. The zero-order valence-electron chi connectivity index (χ0n) is 13.4. The van der Waals surface area contributed by atoms with E-state index in [0.29, 0.717) is 11.8 Å². The molecule has 0 radical (unpaired) electrons. The van der Waals surface area contributed by atoms with Crippen LogP contribution in [0.5, 0.6) is 0 Å². The molecule has 0 spiro atoms. The fourth-order valence-corrected chi connectivity index (χ4v) is 3.33. The van der Waals surface area contributed by atoms with Crippen LogP contribution in [0.3, 0.4) is 0 Å². The molecule has 0 bridgehead atoms. The van der Waals surface area contributed by atoms with Gasteiger partial charge in [0.1, 0.15) is 5.69 Å². The molecule has 1 aliphatic carbocycles. The third kappa shape index (κ3) is 2.79. The number of nitrogens with zero attached hydrogens (tertiary/aromatic N) is 5. The smallest absolute Gasteiger partial charge is 0.178 e. The summed E-state index contributed by atoms with van der Waals surface area (Å²) in [6.07, 6.45) is 6.04. The zero-order chi connectivity index (χ0) is 15.1. The minimum Gasteiger partial charge on any atom is -0.306 e. The van der Waals surface area contributed by atoms with E-state index in [2.05, 4.69) is 33.3 Å².